The predicted octanol–water partition coefficient (Wildman–Crippen LogP) is 1.86. The summed E-state index contributed by atoms with van der Waals surface area (Å²) in [5.41, 5.74) is 0.667. The number of aromatic nitrogens is 1. The number of carbonyl (C=O) groups is 1. The van der Waals surface area contributed by atoms with Gasteiger partial charge in [-0.3, -0.25) is 9.69 Å². The van der Waals surface area contributed by atoms with Crippen LogP contribution in [0.4, 0.5) is 5.13 Å². The molecule has 1 amide bonds. The molecule has 2 aromatic heterocycles. The van der Waals surface area contributed by atoms with Crippen LogP contribution in [0.5, 0.6) is 0 Å². The summed E-state index contributed by atoms with van der Waals surface area (Å²) < 4.78 is 29.7. The fourth-order valence-corrected chi connectivity index (χ4v) is 4.68. The molecule has 0 radical (unpaired) electrons. The van der Waals surface area contributed by atoms with E-state index in [0.717, 1.165) is 24.3 Å². The van der Waals surface area contributed by atoms with Crippen molar-refractivity contribution in [1.29, 1.82) is 0 Å². The van der Waals surface area contributed by atoms with Gasteiger partial charge in [-0.15, -0.1) is 0 Å². The van der Waals surface area contributed by atoms with E-state index in [0.29, 0.717) is 17.2 Å². The van der Waals surface area contributed by atoms with Crippen LogP contribution < -0.4 is 9.80 Å². The number of nitrogens with zero attached hydrogens (tertiary/aromatic N) is 2. The molecule has 7 nitrogen and oxygen atoms in total. The summed E-state index contributed by atoms with van der Waals surface area (Å²) in [6, 6.07) is 8.14. The number of amides is 1. The number of hydrogen-bond donors (Lipinski definition) is 1. The van der Waals surface area contributed by atoms with Crippen LogP contribution >= 0.6 is 11.3 Å². The Morgan fingerprint density at radius 2 is 2.00 bits per heavy atom. The number of sulfone groups is 1. The largest absolute Gasteiger partial charge is 0.459 e. The van der Waals surface area contributed by atoms with Gasteiger partial charge in [0.05, 0.1) is 47.6 Å². The van der Waals surface area contributed by atoms with E-state index in [4.69, 9.17) is 4.42 Å². The number of benzene rings is 1. The normalized spacial score (nSPS) is 12.0. The maximum atomic E-state index is 13.0. The lowest BCUT2D eigenvalue weighted by molar-refractivity contribution is -0.894. The standard InChI is InChI=1S/C19H23N3O4S2/c1-4-21(5-2)10-11-22(18(23)16-7-6-12-26-16)19-20-15-9-8-14(28(3,24)25)13-17(15)27-19/h6-9,12-13H,4-5,10-11H2,1-3H3/p+1. The van der Waals surface area contributed by atoms with E-state index in [-0.39, 0.29) is 16.6 Å². The lowest BCUT2D eigenvalue weighted by Crippen LogP contribution is -3.12. The Hall–Kier alpha value is -2.23. The van der Waals surface area contributed by atoms with Crippen molar-refractivity contribution in [2.45, 2.75) is 18.7 Å². The summed E-state index contributed by atoms with van der Waals surface area (Å²) in [7, 11) is -3.31. The number of quaternary nitrogens is 1. The van der Waals surface area contributed by atoms with Crippen molar-refractivity contribution in [1.82, 2.24) is 4.98 Å². The second kappa shape index (κ2) is 8.42. The van der Waals surface area contributed by atoms with Gasteiger partial charge in [0.15, 0.2) is 20.7 Å². The summed E-state index contributed by atoms with van der Waals surface area (Å²) in [6.45, 7) is 7.44. The van der Waals surface area contributed by atoms with E-state index in [1.165, 1.54) is 28.8 Å². The minimum absolute atomic E-state index is 0.242. The molecule has 3 rings (SSSR count). The van der Waals surface area contributed by atoms with Crippen LogP contribution in [0.3, 0.4) is 0 Å². The van der Waals surface area contributed by atoms with Gasteiger partial charge < -0.3 is 9.32 Å². The van der Waals surface area contributed by atoms with Crippen molar-refractivity contribution in [2.75, 3.05) is 37.3 Å². The Bertz CT molecular complexity index is 1050. The van der Waals surface area contributed by atoms with Gasteiger partial charge in [-0.05, 0) is 44.2 Å². The fraction of sp³-hybridized carbons (Fsp3) is 0.368. The second-order valence-electron chi connectivity index (χ2n) is 6.54. The molecule has 28 heavy (non-hydrogen) atoms. The quantitative estimate of drug-likeness (QED) is 0.599. The molecule has 150 valence electrons. The van der Waals surface area contributed by atoms with Crippen molar-refractivity contribution in [3.8, 4) is 0 Å². The molecule has 0 aliphatic rings. The first kappa shape index (κ1) is 20.5. The van der Waals surface area contributed by atoms with Gasteiger partial charge in [0.2, 0.25) is 0 Å². The molecule has 1 N–H and O–H groups in total. The first-order valence-corrected chi connectivity index (χ1v) is 11.8. The van der Waals surface area contributed by atoms with Crippen LogP contribution in [-0.2, 0) is 9.84 Å². The third-order valence-electron chi connectivity index (χ3n) is 4.67. The maximum Gasteiger partial charge on any atom is 0.295 e. The Morgan fingerprint density at radius 3 is 2.61 bits per heavy atom. The molecule has 0 aliphatic heterocycles. The summed E-state index contributed by atoms with van der Waals surface area (Å²) >= 11 is 1.31. The predicted molar refractivity (Wildman–Crippen MR) is 110 cm³/mol. The van der Waals surface area contributed by atoms with Crippen molar-refractivity contribution in [2.24, 2.45) is 0 Å². The maximum absolute atomic E-state index is 13.0. The average molecular weight is 423 g/mol. The van der Waals surface area contributed by atoms with Gasteiger partial charge in [0.1, 0.15) is 0 Å². The van der Waals surface area contributed by atoms with Gasteiger partial charge in [0, 0.05) is 6.26 Å². The molecule has 2 heterocycles. The average Bonchev–Trinajstić information content (AvgIpc) is 3.33. The van der Waals surface area contributed by atoms with Crippen LogP contribution in [0, 0.1) is 0 Å². The number of likely N-dealkylation sites (N-methyl/N-ethyl adjacent to an activating group) is 1. The highest BCUT2D eigenvalue weighted by atomic mass is 32.2. The van der Waals surface area contributed by atoms with E-state index in [9.17, 15) is 13.2 Å². The molecule has 3 aromatic rings. The summed E-state index contributed by atoms with van der Waals surface area (Å²) in [5.74, 6) is 0.00424. The molecular weight excluding hydrogens is 398 g/mol. The van der Waals surface area contributed by atoms with Crippen molar-refractivity contribution in [3.63, 3.8) is 0 Å². The molecule has 9 heteroatoms. The van der Waals surface area contributed by atoms with Crippen LogP contribution in [0.2, 0.25) is 0 Å². The van der Waals surface area contributed by atoms with Gasteiger partial charge >= 0.3 is 0 Å². The highest BCUT2D eigenvalue weighted by Gasteiger charge is 2.25. The molecule has 0 unspecified atom stereocenters. The van der Waals surface area contributed by atoms with E-state index < -0.39 is 9.84 Å². The van der Waals surface area contributed by atoms with E-state index >= 15 is 0 Å². The van der Waals surface area contributed by atoms with E-state index in [1.807, 2.05) is 0 Å². The number of fused-ring (bicyclic) bond motifs is 1. The van der Waals surface area contributed by atoms with Gasteiger partial charge in [0.25, 0.3) is 5.91 Å². The highest BCUT2D eigenvalue weighted by Crippen LogP contribution is 2.31. The number of thiazole rings is 1. The van der Waals surface area contributed by atoms with E-state index in [2.05, 4.69) is 18.8 Å². The van der Waals surface area contributed by atoms with Gasteiger partial charge in [-0.25, -0.2) is 13.4 Å². The lowest BCUT2D eigenvalue weighted by Gasteiger charge is -2.22. The topological polar surface area (TPSA) is 84.9 Å². The van der Waals surface area contributed by atoms with E-state index in [1.54, 1.807) is 35.2 Å². The monoisotopic (exact) mass is 422 g/mol. The summed E-state index contributed by atoms with van der Waals surface area (Å²) in [6.07, 6.45) is 2.65. The molecule has 0 spiro atoms. The molecule has 0 fully saturated rings. The number of rotatable bonds is 8. The Morgan fingerprint density at radius 1 is 1.25 bits per heavy atom. The fourth-order valence-electron chi connectivity index (χ4n) is 2.93. The Labute approximate surface area is 168 Å². The van der Waals surface area contributed by atoms with Crippen LogP contribution in [0.15, 0.2) is 45.9 Å². The minimum atomic E-state index is -3.31. The SMILES string of the molecule is CC[NH+](CC)CCN(C(=O)c1ccco1)c1nc2ccc(S(C)(=O)=O)cc2s1. The number of furan rings is 1. The third kappa shape index (κ3) is 4.43. The summed E-state index contributed by atoms with van der Waals surface area (Å²) in [5, 5.41) is 0.536. The molecule has 0 atom stereocenters. The second-order valence-corrected chi connectivity index (χ2v) is 9.56. The first-order chi connectivity index (χ1) is 13.3. The van der Waals surface area contributed by atoms with Gasteiger partial charge in [-0.2, -0.15) is 0 Å². The zero-order valence-corrected chi connectivity index (χ0v) is 17.8. The van der Waals surface area contributed by atoms with Crippen molar-refractivity contribution in [3.05, 3.63) is 42.4 Å². The van der Waals surface area contributed by atoms with Gasteiger partial charge in [-0.1, -0.05) is 11.3 Å². The van der Waals surface area contributed by atoms with Crippen LogP contribution in [0.1, 0.15) is 24.4 Å². The lowest BCUT2D eigenvalue weighted by atomic mass is 10.3. The molecule has 0 saturated carbocycles. The van der Waals surface area contributed by atoms with Crippen molar-refractivity contribution < 1.29 is 22.5 Å². The number of hydrogen-bond acceptors (Lipinski definition) is 6. The molecule has 0 saturated heterocycles. The first-order valence-electron chi connectivity index (χ1n) is 9.13. The zero-order chi connectivity index (χ0) is 20.3. The number of anilines is 1. The Kier molecular flexibility index (Phi) is 6.17. The minimum Gasteiger partial charge on any atom is -0.459 e. The van der Waals surface area contributed by atoms with Crippen LogP contribution in [-0.4, -0.2) is 51.7 Å². The number of carbonyl (C=O) groups excluding carboxylic acids is 1. The summed E-state index contributed by atoms with van der Waals surface area (Å²) in [4.78, 5) is 20.8. The molecule has 0 aliphatic carbocycles. The molecular formula is C19H24N3O4S2+. The smallest absolute Gasteiger partial charge is 0.295 e. The molecule has 1 aromatic carbocycles. The van der Waals surface area contributed by atoms with Crippen LogP contribution in [0.25, 0.3) is 10.2 Å². The number of nitrogens with one attached hydrogen (secondary N) is 1. The molecule has 0 bridgehead atoms. The van der Waals surface area contributed by atoms with Crippen molar-refractivity contribution >= 4 is 42.4 Å². The third-order valence-corrected chi connectivity index (χ3v) is 6.83. The highest BCUT2D eigenvalue weighted by molar-refractivity contribution is 7.90. The zero-order valence-electron chi connectivity index (χ0n) is 16.1. The Balaban J connectivity index is 1.97.